The van der Waals surface area contributed by atoms with Gasteiger partial charge >= 0.3 is 0 Å². The number of aliphatic hydroxyl groups is 1. The van der Waals surface area contributed by atoms with E-state index < -0.39 is 4.92 Å². The van der Waals surface area contributed by atoms with E-state index in [0.29, 0.717) is 6.04 Å². The van der Waals surface area contributed by atoms with Crippen molar-refractivity contribution in [3.63, 3.8) is 0 Å². The fraction of sp³-hybridized carbons (Fsp3) is 0.400. The summed E-state index contributed by atoms with van der Waals surface area (Å²) in [4.78, 5) is 9.98. The molecule has 1 aromatic carbocycles. The lowest BCUT2D eigenvalue weighted by molar-refractivity contribution is -0.384. The zero-order valence-corrected chi connectivity index (χ0v) is 8.09. The molecule has 5 nitrogen and oxygen atoms in total. The Morgan fingerprint density at radius 3 is 2.40 bits per heavy atom. The maximum Gasteiger partial charge on any atom is 0.269 e. The van der Waals surface area contributed by atoms with Crippen LogP contribution < -0.4 is 5.32 Å². The van der Waals surface area contributed by atoms with Crippen LogP contribution in [0.5, 0.6) is 0 Å². The van der Waals surface area contributed by atoms with Crippen LogP contribution in [-0.4, -0.2) is 22.2 Å². The largest absolute Gasteiger partial charge is 0.393 e. The van der Waals surface area contributed by atoms with Crippen LogP contribution in [0.25, 0.3) is 0 Å². The van der Waals surface area contributed by atoms with E-state index in [4.69, 9.17) is 5.11 Å². The summed E-state index contributed by atoms with van der Waals surface area (Å²) in [5.74, 6) is 0. The van der Waals surface area contributed by atoms with E-state index in [1.165, 1.54) is 12.1 Å². The molecule has 0 amide bonds. The van der Waals surface area contributed by atoms with E-state index in [9.17, 15) is 10.1 Å². The molecule has 0 aromatic heterocycles. The van der Waals surface area contributed by atoms with E-state index in [-0.39, 0.29) is 11.8 Å². The third-order valence-corrected chi connectivity index (χ3v) is 2.56. The van der Waals surface area contributed by atoms with Gasteiger partial charge in [0.1, 0.15) is 0 Å². The third-order valence-electron chi connectivity index (χ3n) is 2.56. The van der Waals surface area contributed by atoms with Gasteiger partial charge in [0.25, 0.3) is 5.69 Å². The number of nitro groups is 1. The Balaban J connectivity index is 1.95. The van der Waals surface area contributed by atoms with Crippen LogP contribution in [0.2, 0.25) is 0 Å². The average Bonchev–Trinajstić information content (AvgIpc) is 2.16. The number of nitro benzene ring substituents is 1. The lowest BCUT2D eigenvalue weighted by Crippen LogP contribution is -2.38. The Kier molecular flexibility index (Phi) is 2.55. The number of hydrogen-bond acceptors (Lipinski definition) is 4. The summed E-state index contributed by atoms with van der Waals surface area (Å²) in [7, 11) is 0. The standard InChI is InChI=1S/C10H12N2O3/c13-10-5-8(6-10)11-7-1-3-9(4-2-7)12(14)15/h1-4,8,10-11,13H,5-6H2. The zero-order valence-electron chi connectivity index (χ0n) is 8.09. The topological polar surface area (TPSA) is 75.4 Å². The van der Waals surface area contributed by atoms with Crippen molar-refractivity contribution in [2.75, 3.05) is 5.32 Å². The fourth-order valence-corrected chi connectivity index (χ4v) is 1.62. The molecular formula is C10H12N2O3. The molecule has 0 spiro atoms. The van der Waals surface area contributed by atoms with Crippen LogP contribution in [-0.2, 0) is 0 Å². The second-order valence-electron chi connectivity index (χ2n) is 3.77. The van der Waals surface area contributed by atoms with Crippen molar-refractivity contribution in [2.24, 2.45) is 0 Å². The molecule has 80 valence electrons. The van der Waals surface area contributed by atoms with Gasteiger partial charge < -0.3 is 10.4 Å². The van der Waals surface area contributed by atoms with Gasteiger partial charge in [-0.15, -0.1) is 0 Å². The highest BCUT2D eigenvalue weighted by molar-refractivity contribution is 5.49. The Labute approximate surface area is 86.9 Å². The molecule has 0 bridgehead atoms. The number of hydrogen-bond donors (Lipinski definition) is 2. The molecule has 1 fully saturated rings. The van der Waals surface area contributed by atoms with E-state index in [2.05, 4.69) is 5.32 Å². The summed E-state index contributed by atoms with van der Waals surface area (Å²) < 4.78 is 0. The molecule has 1 aromatic rings. The molecule has 1 saturated carbocycles. The van der Waals surface area contributed by atoms with Gasteiger partial charge in [0.15, 0.2) is 0 Å². The van der Waals surface area contributed by atoms with Crippen LogP contribution >= 0.6 is 0 Å². The van der Waals surface area contributed by atoms with E-state index >= 15 is 0 Å². The third kappa shape index (κ3) is 2.24. The minimum absolute atomic E-state index is 0.0918. The average molecular weight is 208 g/mol. The lowest BCUT2D eigenvalue weighted by atomic mass is 9.89. The first-order valence-electron chi connectivity index (χ1n) is 4.84. The molecule has 0 aliphatic heterocycles. The predicted molar refractivity (Wildman–Crippen MR) is 55.7 cm³/mol. The second kappa shape index (κ2) is 3.86. The first-order chi connectivity index (χ1) is 7.15. The van der Waals surface area contributed by atoms with Crippen molar-refractivity contribution >= 4 is 11.4 Å². The molecule has 2 rings (SSSR count). The van der Waals surface area contributed by atoms with Crippen LogP contribution in [0.1, 0.15) is 12.8 Å². The Hall–Kier alpha value is -1.62. The highest BCUT2D eigenvalue weighted by Gasteiger charge is 2.26. The molecule has 1 aliphatic carbocycles. The summed E-state index contributed by atoms with van der Waals surface area (Å²) in [6, 6.07) is 6.60. The first kappa shape index (κ1) is 9.92. The number of non-ortho nitro benzene ring substituents is 1. The molecule has 0 radical (unpaired) electrons. The summed E-state index contributed by atoms with van der Waals surface area (Å²) in [5.41, 5.74) is 0.951. The molecule has 1 aliphatic rings. The van der Waals surface area contributed by atoms with Gasteiger partial charge in [0.2, 0.25) is 0 Å². The van der Waals surface area contributed by atoms with Crippen LogP contribution in [0.15, 0.2) is 24.3 Å². The molecule has 0 atom stereocenters. The fourth-order valence-electron chi connectivity index (χ4n) is 1.62. The molecule has 0 saturated heterocycles. The Bertz CT molecular complexity index is 357. The molecule has 15 heavy (non-hydrogen) atoms. The van der Waals surface area contributed by atoms with Gasteiger partial charge in [-0.3, -0.25) is 10.1 Å². The monoisotopic (exact) mass is 208 g/mol. The van der Waals surface area contributed by atoms with E-state index in [0.717, 1.165) is 18.5 Å². The van der Waals surface area contributed by atoms with Crippen molar-refractivity contribution in [1.29, 1.82) is 0 Å². The number of benzene rings is 1. The molecule has 0 unspecified atom stereocenters. The number of rotatable bonds is 3. The smallest absolute Gasteiger partial charge is 0.269 e. The van der Waals surface area contributed by atoms with Gasteiger partial charge in [0, 0.05) is 23.9 Å². The number of anilines is 1. The van der Waals surface area contributed by atoms with Crippen molar-refractivity contribution in [1.82, 2.24) is 0 Å². The van der Waals surface area contributed by atoms with Crippen molar-refractivity contribution in [3.05, 3.63) is 34.4 Å². The van der Waals surface area contributed by atoms with Crippen LogP contribution in [0.3, 0.4) is 0 Å². The predicted octanol–water partition coefficient (Wildman–Crippen LogP) is 1.53. The zero-order chi connectivity index (χ0) is 10.8. The van der Waals surface area contributed by atoms with Gasteiger partial charge in [-0.1, -0.05) is 0 Å². The summed E-state index contributed by atoms with van der Waals surface area (Å²) >= 11 is 0. The summed E-state index contributed by atoms with van der Waals surface area (Å²) in [5, 5.41) is 22.7. The van der Waals surface area contributed by atoms with Crippen molar-refractivity contribution in [2.45, 2.75) is 25.0 Å². The number of aliphatic hydroxyl groups excluding tert-OH is 1. The molecular weight excluding hydrogens is 196 g/mol. The van der Waals surface area contributed by atoms with Crippen LogP contribution in [0.4, 0.5) is 11.4 Å². The first-order valence-corrected chi connectivity index (χ1v) is 4.84. The van der Waals surface area contributed by atoms with Gasteiger partial charge in [-0.25, -0.2) is 0 Å². The van der Waals surface area contributed by atoms with Crippen molar-refractivity contribution in [3.8, 4) is 0 Å². The summed E-state index contributed by atoms with van der Waals surface area (Å²) in [6.07, 6.45) is 1.30. The molecule has 0 heterocycles. The molecule has 2 N–H and O–H groups in total. The van der Waals surface area contributed by atoms with Gasteiger partial charge in [-0.05, 0) is 25.0 Å². The van der Waals surface area contributed by atoms with E-state index in [1.54, 1.807) is 12.1 Å². The Morgan fingerprint density at radius 1 is 1.33 bits per heavy atom. The van der Waals surface area contributed by atoms with E-state index in [1.807, 2.05) is 0 Å². The minimum Gasteiger partial charge on any atom is -0.393 e. The molecule has 5 heteroatoms. The highest BCUT2D eigenvalue weighted by Crippen LogP contribution is 2.24. The minimum atomic E-state index is -0.420. The highest BCUT2D eigenvalue weighted by atomic mass is 16.6. The van der Waals surface area contributed by atoms with Crippen LogP contribution in [0, 0.1) is 10.1 Å². The number of nitrogens with one attached hydrogen (secondary N) is 1. The second-order valence-corrected chi connectivity index (χ2v) is 3.77. The normalized spacial score (nSPS) is 24.3. The van der Waals surface area contributed by atoms with Crippen molar-refractivity contribution < 1.29 is 10.0 Å². The quantitative estimate of drug-likeness (QED) is 0.583. The lowest BCUT2D eigenvalue weighted by Gasteiger charge is -2.32. The maximum atomic E-state index is 10.4. The Morgan fingerprint density at radius 2 is 1.93 bits per heavy atom. The maximum absolute atomic E-state index is 10.4. The number of nitrogens with zero attached hydrogens (tertiary/aromatic N) is 1. The van der Waals surface area contributed by atoms with Gasteiger partial charge in [-0.2, -0.15) is 0 Å². The summed E-state index contributed by atoms with van der Waals surface area (Å²) in [6.45, 7) is 0. The SMILES string of the molecule is O=[N+]([O-])c1ccc(NC2CC(O)C2)cc1. The van der Waals surface area contributed by atoms with Gasteiger partial charge in [0.05, 0.1) is 11.0 Å².